The number of carboxylic acids is 1. The second kappa shape index (κ2) is 6.33. The van der Waals surface area contributed by atoms with Crippen molar-refractivity contribution in [2.45, 2.75) is 64.7 Å². The largest absolute Gasteiger partial charge is 0.480 e. The monoisotopic (exact) mass is 338 g/mol. The van der Waals surface area contributed by atoms with Gasteiger partial charge in [0, 0.05) is 0 Å². The third-order valence-corrected chi connectivity index (χ3v) is 5.08. The second-order valence-corrected chi connectivity index (χ2v) is 9.08. The summed E-state index contributed by atoms with van der Waals surface area (Å²) in [6.45, 7) is 14.7. The minimum absolute atomic E-state index is 0.0481. The molecule has 0 aliphatic carbocycles. The molecule has 0 aliphatic rings. The third-order valence-electron chi connectivity index (χ3n) is 5.08. The van der Waals surface area contributed by atoms with Gasteiger partial charge in [-0.1, -0.05) is 90.1 Å². The molecule has 0 aromatic heterocycles. The summed E-state index contributed by atoms with van der Waals surface area (Å²) >= 11 is 0. The Hall–Kier alpha value is -2.09. The van der Waals surface area contributed by atoms with Gasteiger partial charge in [-0.3, -0.25) is 4.79 Å². The summed E-state index contributed by atoms with van der Waals surface area (Å²) in [5.41, 5.74) is 3.04. The molecule has 1 N–H and O–H groups in total. The van der Waals surface area contributed by atoms with E-state index in [0.717, 1.165) is 11.1 Å². The molecule has 0 saturated carbocycles. The first-order valence-electron chi connectivity index (χ1n) is 8.82. The lowest BCUT2D eigenvalue weighted by Crippen LogP contribution is -2.34. The van der Waals surface area contributed by atoms with E-state index in [9.17, 15) is 9.90 Å². The molecule has 0 unspecified atom stereocenters. The SMILES string of the molecule is CC(C)(C)c1ccc(C(C)(C(=O)O)c2ccc(C(C)(C)C)cc2)cc1. The van der Waals surface area contributed by atoms with Crippen molar-refractivity contribution < 1.29 is 9.90 Å². The Morgan fingerprint density at radius 2 is 0.840 bits per heavy atom. The Bertz CT molecular complexity index is 681. The first-order chi connectivity index (χ1) is 11.4. The number of aliphatic carboxylic acids is 1. The van der Waals surface area contributed by atoms with Crippen LogP contribution in [0.1, 0.15) is 70.7 Å². The molecule has 0 heterocycles. The van der Waals surface area contributed by atoms with Crippen LogP contribution < -0.4 is 0 Å². The Morgan fingerprint density at radius 1 is 0.600 bits per heavy atom. The van der Waals surface area contributed by atoms with Crippen LogP contribution >= 0.6 is 0 Å². The Morgan fingerprint density at radius 3 is 1.04 bits per heavy atom. The van der Waals surface area contributed by atoms with Crippen LogP contribution in [0.15, 0.2) is 48.5 Å². The highest BCUT2D eigenvalue weighted by molar-refractivity contribution is 5.85. The molecule has 0 bridgehead atoms. The van der Waals surface area contributed by atoms with Crippen LogP contribution in [0.3, 0.4) is 0 Å². The van der Waals surface area contributed by atoms with Gasteiger partial charge in [-0.2, -0.15) is 0 Å². The number of hydrogen-bond donors (Lipinski definition) is 1. The molecule has 0 amide bonds. The number of carboxylic acid groups (broad SMARTS) is 1. The van der Waals surface area contributed by atoms with Crippen molar-refractivity contribution in [3.05, 3.63) is 70.8 Å². The van der Waals surface area contributed by atoms with Crippen molar-refractivity contribution in [1.82, 2.24) is 0 Å². The minimum atomic E-state index is -1.06. The highest BCUT2D eigenvalue weighted by Crippen LogP contribution is 2.35. The zero-order valence-electron chi connectivity index (χ0n) is 16.5. The van der Waals surface area contributed by atoms with Gasteiger partial charge in [0.05, 0.1) is 0 Å². The fraction of sp³-hybridized carbons (Fsp3) is 0.435. The molecule has 25 heavy (non-hydrogen) atoms. The molecule has 0 saturated heterocycles. The van der Waals surface area contributed by atoms with Crippen LogP contribution in [-0.4, -0.2) is 11.1 Å². The zero-order chi connectivity index (χ0) is 19.0. The third kappa shape index (κ3) is 3.78. The molecule has 2 heteroatoms. The summed E-state index contributed by atoms with van der Waals surface area (Å²) in [5.74, 6) is -0.834. The van der Waals surface area contributed by atoms with Gasteiger partial charge in [-0.15, -0.1) is 0 Å². The van der Waals surface area contributed by atoms with Crippen LogP contribution in [0.25, 0.3) is 0 Å². The van der Waals surface area contributed by atoms with Crippen molar-refractivity contribution in [2.24, 2.45) is 0 Å². The lowest BCUT2D eigenvalue weighted by molar-refractivity contribution is -0.141. The molecule has 2 rings (SSSR count). The fourth-order valence-corrected chi connectivity index (χ4v) is 3.02. The van der Waals surface area contributed by atoms with E-state index in [1.54, 1.807) is 6.92 Å². The van der Waals surface area contributed by atoms with E-state index in [2.05, 4.69) is 41.5 Å². The molecule has 0 atom stereocenters. The lowest BCUT2D eigenvalue weighted by atomic mass is 9.74. The predicted molar refractivity (Wildman–Crippen MR) is 104 cm³/mol. The van der Waals surface area contributed by atoms with E-state index in [4.69, 9.17) is 0 Å². The molecule has 0 radical (unpaired) electrons. The normalized spacial score (nSPS) is 12.9. The van der Waals surface area contributed by atoms with Gasteiger partial charge in [0.25, 0.3) is 0 Å². The maximum Gasteiger partial charge on any atom is 0.318 e. The van der Waals surface area contributed by atoms with Crippen LogP contribution in [-0.2, 0) is 21.0 Å². The Labute approximate surface area is 151 Å². The summed E-state index contributed by atoms with van der Waals surface area (Å²) in [6.07, 6.45) is 0. The summed E-state index contributed by atoms with van der Waals surface area (Å²) < 4.78 is 0. The molecule has 2 aromatic rings. The molecular weight excluding hydrogens is 308 g/mol. The van der Waals surface area contributed by atoms with Crippen LogP contribution in [0.5, 0.6) is 0 Å². The first kappa shape index (κ1) is 19.2. The maximum absolute atomic E-state index is 12.2. The van der Waals surface area contributed by atoms with E-state index < -0.39 is 11.4 Å². The maximum atomic E-state index is 12.2. The van der Waals surface area contributed by atoms with Crippen molar-refractivity contribution in [1.29, 1.82) is 0 Å². The van der Waals surface area contributed by atoms with Gasteiger partial charge in [0.15, 0.2) is 0 Å². The molecule has 0 spiro atoms. The minimum Gasteiger partial charge on any atom is -0.480 e. The van der Waals surface area contributed by atoms with Crippen molar-refractivity contribution >= 4 is 5.97 Å². The van der Waals surface area contributed by atoms with Crippen LogP contribution in [0.4, 0.5) is 0 Å². The van der Waals surface area contributed by atoms with Crippen molar-refractivity contribution in [3.63, 3.8) is 0 Å². The van der Waals surface area contributed by atoms with E-state index in [1.165, 1.54) is 11.1 Å². The average molecular weight is 338 g/mol. The van der Waals surface area contributed by atoms with E-state index >= 15 is 0 Å². The van der Waals surface area contributed by atoms with Gasteiger partial charge in [-0.25, -0.2) is 0 Å². The standard InChI is InChI=1S/C23H30O2/c1-21(2,3)16-8-12-18(13-9-16)23(7,20(24)25)19-14-10-17(11-15-19)22(4,5)6/h8-15H,1-7H3,(H,24,25). The summed E-state index contributed by atoms with van der Waals surface area (Å²) in [7, 11) is 0. The van der Waals surface area contributed by atoms with E-state index in [0.29, 0.717) is 0 Å². The highest BCUT2D eigenvalue weighted by atomic mass is 16.4. The van der Waals surface area contributed by atoms with E-state index in [1.807, 2.05) is 48.5 Å². The fourth-order valence-electron chi connectivity index (χ4n) is 3.02. The Balaban J connectivity index is 2.50. The predicted octanol–water partition coefficient (Wildman–Crippen LogP) is 5.67. The van der Waals surface area contributed by atoms with Crippen LogP contribution in [0, 0.1) is 0 Å². The Kier molecular flexibility index (Phi) is 4.87. The zero-order valence-corrected chi connectivity index (χ0v) is 16.5. The molecule has 2 aromatic carbocycles. The smallest absolute Gasteiger partial charge is 0.318 e. The molecule has 0 aliphatic heterocycles. The van der Waals surface area contributed by atoms with Crippen molar-refractivity contribution in [2.75, 3.05) is 0 Å². The van der Waals surface area contributed by atoms with Crippen molar-refractivity contribution in [3.8, 4) is 0 Å². The number of hydrogen-bond acceptors (Lipinski definition) is 1. The first-order valence-corrected chi connectivity index (χ1v) is 8.82. The summed E-state index contributed by atoms with van der Waals surface area (Å²) in [6, 6.07) is 16.0. The van der Waals surface area contributed by atoms with Crippen LogP contribution in [0.2, 0.25) is 0 Å². The second-order valence-electron chi connectivity index (χ2n) is 9.08. The molecule has 0 fully saturated rings. The molecule has 2 nitrogen and oxygen atoms in total. The summed E-state index contributed by atoms with van der Waals surface area (Å²) in [4.78, 5) is 12.2. The summed E-state index contributed by atoms with van der Waals surface area (Å²) in [5, 5.41) is 10.00. The lowest BCUT2D eigenvalue weighted by Gasteiger charge is -2.28. The van der Waals surface area contributed by atoms with Gasteiger partial charge >= 0.3 is 5.97 Å². The van der Waals surface area contributed by atoms with Gasteiger partial charge < -0.3 is 5.11 Å². The molecule has 134 valence electrons. The molecular formula is C23H30O2. The number of carbonyl (C=O) groups is 1. The topological polar surface area (TPSA) is 37.3 Å². The number of benzene rings is 2. The van der Waals surface area contributed by atoms with Gasteiger partial charge in [0.1, 0.15) is 5.41 Å². The quantitative estimate of drug-likeness (QED) is 0.782. The van der Waals surface area contributed by atoms with Gasteiger partial charge in [-0.05, 0) is 40.0 Å². The average Bonchev–Trinajstić information content (AvgIpc) is 2.52. The highest BCUT2D eigenvalue weighted by Gasteiger charge is 2.37. The number of rotatable bonds is 3. The van der Waals surface area contributed by atoms with Gasteiger partial charge in [0.2, 0.25) is 0 Å². The van der Waals surface area contributed by atoms with E-state index in [-0.39, 0.29) is 10.8 Å².